The summed E-state index contributed by atoms with van der Waals surface area (Å²) in [6, 6.07) is 21.2. The van der Waals surface area contributed by atoms with E-state index < -0.39 is 17.7 Å². The summed E-state index contributed by atoms with van der Waals surface area (Å²) in [7, 11) is 0. The molecule has 210 valence electrons. The molecular weight excluding hydrogens is 558 g/mol. The quantitative estimate of drug-likeness (QED) is 0.0732. The highest BCUT2D eigenvalue weighted by Gasteiger charge is 2.48. The van der Waals surface area contributed by atoms with Gasteiger partial charge in [0, 0.05) is 11.3 Å². The molecule has 5 rings (SSSR count). The third kappa shape index (κ3) is 6.13. The number of rotatable bonds is 10. The monoisotopic (exact) mass is 587 g/mol. The number of hydrogen-bond donors (Lipinski definition) is 1. The molecule has 0 aliphatic carbocycles. The van der Waals surface area contributed by atoms with Gasteiger partial charge in [0.2, 0.25) is 5.13 Å². The summed E-state index contributed by atoms with van der Waals surface area (Å²) in [5.74, 6) is 0.0472. The Morgan fingerprint density at radius 1 is 0.951 bits per heavy atom. The molecule has 0 bridgehead atoms. The van der Waals surface area contributed by atoms with Crippen molar-refractivity contribution in [1.29, 1.82) is 0 Å². The fraction of sp³-hybridized carbons (Fsp3) is 0.226. The van der Waals surface area contributed by atoms with E-state index in [1.807, 2.05) is 20.8 Å². The number of benzene rings is 3. The molecule has 3 aromatic carbocycles. The number of Topliss-reactive ketones (excluding diaryl/α,β-unsaturated/α-hetero) is 1. The highest BCUT2D eigenvalue weighted by Crippen LogP contribution is 2.44. The van der Waals surface area contributed by atoms with Gasteiger partial charge in [-0.05, 0) is 68.3 Å². The first kappa shape index (κ1) is 28.4. The molecule has 10 heteroatoms. The Labute approximate surface area is 246 Å². The van der Waals surface area contributed by atoms with Crippen molar-refractivity contribution in [1.82, 2.24) is 10.2 Å². The van der Waals surface area contributed by atoms with Crippen molar-refractivity contribution in [2.75, 3.05) is 18.1 Å². The second-order valence-corrected chi connectivity index (χ2v) is 11.4. The fourth-order valence-electron chi connectivity index (χ4n) is 4.51. The highest BCUT2D eigenvalue weighted by molar-refractivity contribution is 8.00. The molecule has 0 spiro atoms. The second-order valence-electron chi connectivity index (χ2n) is 9.26. The third-order valence-electron chi connectivity index (χ3n) is 6.45. The Hall–Kier alpha value is -4.15. The minimum Gasteiger partial charge on any atom is -0.507 e. The molecule has 2 heterocycles. The molecule has 1 fully saturated rings. The molecule has 1 N–H and O–H groups in total. The summed E-state index contributed by atoms with van der Waals surface area (Å²) in [5.41, 5.74) is 3.29. The summed E-state index contributed by atoms with van der Waals surface area (Å²) < 4.78 is 11.9. The lowest BCUT2D eigenvalue weighted by Gasteiger charge is -2.23. The van der Waals surface area contributed by atoms with Crippen molar-refractivity contribution in [2.24, 2.45) is 0 Å². The van der Waals surface area contributed by atoms with Gasteiger partial charge in [-0.3, -0.25) is 14.5 Å². The molecule has 41 heavy (non-hydrogen) atoms. The lowest BCUT2D eigenvalue weighted by molar-refractivity contribution is -0.132. The molecule has 4 aromatic rings. The van der Waals surface area contributed by atoms with Crippen LogP contribution in [0.1, 0.15) is 42.1 Å². The summed E-state index contributed by atoms with van der Waals surface area (Å²) in [6.07, 6.45) is 0. The van der Waals surface area contributed by atoms with Crippen LogP contribution in [-0.4, -0.2) is 40.2 Å². The minimum atomic E-state index is -0.926. The van der Waals surface area contributed by atoms with Gasteiger partial charge in [0.15, 0.2) is 4.34 Å². The van der Waals surface area contributed by atoms with Crippen LogP contribution < -0.4 is 14.4 Å². The van der Waals surface area contributed by atoms with Gasteiger partial charge >= 0.3 is 5.91 Å². The lowest BCUT2D eigenvalue weighted by atomic mass is 9.95. The molecule has 1 aromatic heterocycles. The maximum atomic E-state index is 13.5. The molecule has 1 amide bonds. The molecule has 1 aliphatic rings. The summed E-state index contributed by atoms with van der Waals surface area (Å²) in [4.78, 5) is 28.3. The van der Waals surface area contributed by atoms with Crippen LogP contribution in [0.5, 0.6) is 11.5 Å². The number of thioether (sulfide) groups is 1. The maximum absolute atomic E-state index is 13.5. The molecule has 8 nitrogen and oxygen atoms in total. The predicted octanol–water partition coefficient (Wildman–Crippen LogP) is 6.56. The number of anilines is 1. The van der Waals surface area contributed by atoms with Gasteiger partial charge in [-0.15, -0.1) is 10.2 Å². The molecular formula is C31H29N3O5S2. The molecule has 0 saturated carbocycles. The van der Waals surface area contributed by atoms with Gasteiger partial charge < -0.3 is 14.6 Å². The van der Waals surface area contributed by atoms with Crippen LogP contribution in [0.25, 0.3) is 5.76 Å². The first-order valence-electron chi connectivity index (χ1n) is 13.2. The van der Waals surface area contributed by atoms with Gasteiger partial charge in [0.05, 0.1) is 24.8 Å². The number of carbonyl (C=O) groups excluding carboxylic acids is 2. The standard InChI is InChI=1S/C31H29N3O5S2/c1-4-38-23-15-13-21(14-16-23)27(35)25-26(22-7-6-8-24(17-22)39-5-2)34(29(37)28(25)36)30-32-33-31(41-30)40-18-20-11-9-19(3)10-12-20/h6-17,26,35H,4-5,18H2,1-3H3. The van der Waals surface area contributed by atoms with Crippen molar-refractivity contribution in [3.8, 4) is 11.5 Å². The molecule has 1 atom stereocenters. The van der Waals surface area contributed by atoms with Crippen molar-refractivity contribution < 1.29 is 24.2 Å². The Morgan fingerprint density at radius 3 is 2.37 bits per heavy atom. The van der Waals surface area contributed by atoms with E-state index >= 15 is 0 Å². The van der Waals surface area contributed by atoms with Crippen molar-refractivity contribution in [3.63, 3.8) is 0 Å². The van der Waals surface area contributed by atoms with Gasteiger partial charge in [0.1, 0.15) is 17.3 Å². The molecule has 1 unspecified atom stereocenters. The van der Waals surface area contributed by atoms with E-state index in [0.717, 1.165) is 5.56 Å². The third-order valence-corrected chi connectivity index (χ3v) is 8.58. The van der Waals surface area contributed by atoms with E-state index in [-0.39, 0.29) is 16.5 Å². The summed E-state index contributed by atoms with van der Waals surface area (Å²) in [6.45, 7) is 6.75. The normalized spacial score (nSPS) is 16.3. The largest absolute Gasteiger partial charge is 0.507 e. The van der Waals surface area contributed by atoms with Gasteiger partial charge in [-0.2, -0.15) is 0 Å². The minimum absolute atomic E-state index is 0.0307. The van der Waals surface area contributed by atoms with Gasteiger partial charge in [-0.1, -0.05) is 65.1 Å². The average Bonchev–Trinajstić information content (AvgIpc) is 3.55. The topological polar surface area (TPSA) is 102 Å². The Kier molecular flexibility index (Phi) is 8.70. The zero-order valence-corrected chi connectivity index (χ0v) is 24.5. The van der Waals surface area contributed by atoms with E-state index in [2.05, 4.69) is 34.5 Å². The Morgan fingerprint density at radius 2 is 1.66 bits per heavy atom. The molecule has 1 aliphatic heterocycles. The molecule has 1 saturated heterocycles. The van der Waals surface area contributed by atoms with E-state index in [0.29, 0.717) is 45.9 Å². The number of aromatic nitrogens is 2. The average molecular weight is 588 g/mol. The first-order valence-corrected chi connectivity index (χ1v) is 15.0. The van der Waals surface area contributed by atoms with Crippen molar-refractivity contribution in [3.05, 3.63) is 101 Å². The number of aliphatic hydroxyl groups is 1. The van der Waals surface area contributed by atoms with Crippen molar-refractivity contribution >= 4 is 45.7 Å². The second kappa shape index (κ2) is 12.6. The zero-order valence-electron chi connectivity index (χ0n) is 22.9. The number of ketones is 1. The van der Waals surface area contributed by atoms with E-state index in [1.165, 1.54) is 33.6 Å². The van der Waals surface area contributed by atoms with Gasteiger partial charge in [-0.25, -0.2) is 0 Å². The van der Waals surface area contributed by atoms with Gasteiger partial charge in [0.25, 0.3) is 5.78 Å². The molecule has 0 radical (unpaired) electrons. The highest BCUT2D eigenvalue weighted by atomic mass is 32.2. The first-order chi connectivity index (χ1) is 19.9. The van der Waals surface area contributed by atoms with E-state index in [4.69, 9.17) is 9.47 Å². The van der Waals surface area contributed by atoms with Crippen LogP contribution in [0.4, 0.5) is 5.13 Å². The van der Waals surface area contributed by atoms with E-state index in [1.54, 1.807) is 48.5 Å². The fourth-order valence-corrected chi connectivity index (χ4v) is 6.33. The van der Waals surface area contributed by atoms with Crippen LogP contribution in [0, 0.1) is 6.92 Å². The number of ether oxygens (including phenoxy) is 2. The number of amides is 1. The zero-order chi connectivity index (χ0) is 28.9. The smallest absolute Gasteiger partial charge is 0.301 e. The summed E-state index contributed by atoms with van der Waals surface area (Å²) in [5, 5.41) is 20.3. The summed E-state index contributed by atoms with van der Waals surface area (Å²) >= 11 is 2.73. The number of aliphatic hydroxyl groups excluding tert-OH is 1. The van der Waals surface area contributed by atoms with Crippen LogP contribution >= 0.6 is 23.1 Å². The number of hydrogen-bond acceptors (Lipinski definition) is 9. The maximum Gasteiger partial charge on any atom is 0.301 e. The van der Waals surface area contributed by atoms with Crippen LogP contribution in [0.2, 0.25) is 0 Å². The predicted molar refractivity (Wildman–Crippen MR) is 161 cm³/mol. The van der Waals surface area contributed by atoms with E-state index in [9.17, 15) is 14.7 Å². The van der Waals surface area contributed by atoms with Crippen molar-refractivity contribution in [2.45, 2.75) is 36.9 Å². The number of carbonyl (C=O) groups is 2. The number of nitrogens with zero attached hydrogens (tertiary/aromatic N) is 3. The lowest BCUT2D eigenvalue weighted by Crippen LogP contribution is -2.29. The Bertz CT molecular complexity index is 1580. The van der Waals surface area contributed by atoms with Crippen LogP contribution in [0.3, 0.4) is 0 Å². The van der Waals surface area contributed by atoms with Crippen LogP contribution in [-0.2, 0) is 15.3 Å². The van der Waals surface area contributed by atoms with Crippen LogP contribution in [0.15, 0.2) is 82.7 Å². The Balaban J connectivity index is 1.53. The SMILES string of the molecule is CCOc1ccc(C(O)=C2C(=O)C(=O)N(c3nnc(SCc4ccc(C)cc4)s3)C2c2cccc(OCC)c2)cc1. The number of aryl methyl sites for hydroxylation is 1.